The second-order valence-corrected chi connectivity index (χ2v) is 5.86. The van der Waals surface area contributed by atoms with Crippen LogP contribution in [0.25, 0.3) is 0 Å². The summed E-state index contributed by atoms with van der Waals surface area (Å²) in [5, 5.41) is 3.20. The van der Waals surface area contributed by atoms with Gasteiger partial charge in [0.25, 0.3) is 0 Å². The number of nitrogens with two attached hydrogens (primary N) is 1. The van der Waals surface area contributed by atoms with Crippen LogP contribution in [-0.2, 0) is 17.6 Å². The van der Waals surface area contributed by atoms with Gasteiger partial charge in [-0.05, 0) is 56.7 Å². The zero-order valence-corrected chi connectivity index (χ0v) is 14.3. The second kappa shape index (κ2) is 8.56. The first-order valence-electron chi connectivity index (χ1n) is 8.61. The van der Waals surface area contributed by atoms with Crippen LogP contribution < -0.4 is 11.1 Å². The van der Waals surface area contributed by atoms with E-state index in [1.807, 2.05) is 24.8 Å². The van der Waals surface area contributed by atoms with Crippen LogP contribution in [0.15, 0.2) is 23.2 Å². The number of nitrogens with one attached hydrogen (secondary N) is 1. The van der Waals surface area contributed by atoms with Gasteiger partial charge in [-0.25, -0.2) is 0 Å². The van der Waals surface area contributed by atoms with Crippen molar-refractivity contribution in [3.05, 3.63) is 29.3 Å². The molecule has 0 saturated carbocycles. The van der Waals surface area contributed by atoms with Crippen molar-refractivity contribution in [2.45, 2.75) is 46.0 Å². The van der Waals surface area contributed by atoms with Crippen molar-refractivity contribution < 1.29 is 4.79 Å². The van der Waals surface area contributed by atoms with Crippen molar-refractivity contribution in [1.82, 2.24) is 4.90 Å². The normalized spacial score (nSPS) is 14.3. The summed E-state index contributed by atoms with van der Waals surface area (Å²) in [5.74, 6) is 0.514. The van der Waals surface area contributed by atoms with Crippen molar-refractivity contribution in [2.75, 3.05) is 25.0 Å². The Morgan fingerprint density at radius 1 is 1.26 bits per heavy atom. The van der Waals surface area contributed by atoms with Gasteiger partial charge in [-0.3, -0.25) is 9.79 Å². The molecule has 0 aromatic heterocycles. The first-order chi connectivity index (χ1) is 11.2. The van der Waals surface area contributed by atoms with Gasteiger partial charge in [0.2, 0.25) is 5.91 Å². The predicted octanol–water partition coefficient (Wildman–Crippen LogP) is 2.55. The van der Waals surface area contributed by atoms with Gasteiger partial charge in [0.15, 0.2) is 5.96 Å². The van der Waals surface area contributed by atoms with Gasteiger partial charge in [0.1, 0.15) is 0 Å². The average molecular weight is 316 g/mol. The molecule has 126 valence electrons. The third kappa shape index (κ3) is 4.71. The van der Waals surface area contributed by atoms with E-state index in [4.69, 9.17) is 5.73 Å². The number of benzene rings is 1. The standard InChI is InChI=1S/C18H28N4O/c1-3-22(4-2)17(23)12-13-20-18(19)21-16-11-7-9-14-8-5-6-10-15(14)16/h7,9,11H,3-6,8,10,12-13H2,1-2H3,(H3,19,20,21). The van der Waals surface area contributed by atoms with Gasteiger partial charge in [-0.1, -0.05) is 12.1 Å². The fourth-order valence-corrected chi connectivity index (χ4v) is 3.08. The number of rotatable bonds is 6. The summed E-state index contributed by atoms with van der Waals surface area (Å²) in [4.78, 5) is 18.0. The molecular weight excluding hydrogens is 288 g/mol. The van der Waals surface area contributed by atoms with E-state index in [-0.39, 0.29) is 5.91 Å². The Morgan fingerprint density at radius 2 is 2.00 bits per heavy atom. The molecule has 1 amide bonds. The van der Waals surface area contributed by atoms with Gasteiger partial charge >= 0.3 is 0 Å². The monoisotopic (exact) mass is 316 g/mol. The number of carbonyl (C=O) groups is 1. The molecular formula is C18H28N4O. The van der Waals surface area contributed by atoms with Gasteiger partial charge in [-0.15, -0.1) is 0 Å². The summed E-state index contributed by atoms with van der Waals surface area (Å²) in [6.07, 6.45) is 5.11. The van der Waals surface area contributed by atoms with Gasteiger partial charge in [-0.2, -0.15) is 0 Å². The van der Waals surface area contributed by atoms with Gasteiger partial charge in [0.05, 0.1) is 6.54 Å². The molecule has 0 bridgehead atoms. The molecule has 5 heteroatoms. The quantitative estimate of drug-likeness (QED) is 0.626. The molecule has 23 heavy (non-hydrogen) atoms. The molecule has 0 spiro atoms. The van der Waals surface area contributed by atoms with Crippen LogP contribution in [0.5, 0.6) is 0 Å². The number of anilines is 1. The lowest BCUT2D eigenvalue weighted by Crippen LogP contribution is -2.31. The molecule has 0 atom stereocenters. The number of hydrogen-bond acceptors (Lipinski definition) is 2. The van der Waals surface area contributed by atoms with Gasteiger partial charge in [0, 0.05) is 25.2 Å². The van der Waals surface area contributed by atoms with Crippen molar-refractivity contribution in [3.8, 4) is 0 Å². The van der Waals surface area contributed by atoms with E-state index in [2.05, 4.69) is 22.4 Å². The highest BCUT2D eigenvalue weighted by Crippen LogP contribution is 2.27. The molecule has 1 aliphatic carbocycles. The Kier molecular flexibility index (Phi) is 6.44. The summed E-state index contributed by atoms with van der Waals surface area (Å²) < 4.78 is 0. The number of fused-ring (bicyclic) bond motifs is 1. The fraction of sp³-hybridized carbons (Fsp3) is 0.556. The van der Waals surface area contributed by atoms with E-state index >= 15 is 0 Å². The highest BCUT2D eigenvalue weighted by atomic mass is 16.2. The highest BCUT2D eigenvalue weighted by molar-refractivity contribution is 5.93. The van der Waals surface area contributed by atoms with E-state index in [1.165, 1.54) is 24.0 Å². The van der Waals surface area contributed by atoms with Crippen molar-refractivity contribution in [2.24, 2.45) is 10.7 Å². The minimum atomic E-state index is 0.128. The lowest BCUT2D eigenvalue weighted by atomic mass is 9.90. The minimum Gasteiger partial charge on any atom is -0.370 e. The molecule has 0 saturated heterocycles. The van der Waals surface area contributed by atoms with Crippen LogP contribution in [0.2, 0.25) is 0 Å². The first-order valence-corrected chi connectivity index (χ1v) is 8.61. The summed E-state index contributed by atoms with van der Waals surface area (Å²) in [6, 6.07) is 6.30. The van der Waals surface area contributed by atoms with Crippen LogP contribution in [0.4, 0.5) is 5.69 Å². The minimum absolute atomic E-state index is 0.128. The number of aryl methyl sites for hydroxylation is 1. The number of carbonyl (C=O) groups excluding carboxylic acids is 1. The molecule has 2 rings (SSSR count). The van der Waals surface area contributed by atoms with Crippen molar-refractivity contribution in [3.63, 3.8) is 0 Å². The predicted molar refractivity (Wildman–Crippen MR) is 95.7 cm³/mol. The van der Waals surface area contributed by atoms with Crippen LogP contribution in [0.1, 0.15) is 44.2 Å². The summed E-state index contributed by atoms with van der Waals surface area (Å²) in [7, 11) is 0. The highest BCUT2D eigenvalue weighted by Gasteiger charge is 2.13. The van der Waals surface area contributed by atoms with Crippen LogP contribution in [-0.4, -0.2) is 36.4 Å². The summed E-state index contributed by atoms with van der Waals surface area (Å²) in [6.45, 7) is 5.87. The van der Waals surface area contributed by atoms with E-state index < -0.39 is 0 Å². The molecule has 5 nitrogen and oxygen atoms in total. The van der Waals surface area contributed by atoms with Crippen molar-refractivity contribution >= 4 is 17.6 Å². The molecule has 0 unspecified atom stereocenters. The molecule has 1 aromatic rings. The van der Waals surface area contributed by atoms with E-state index in [0.29, 0.717) is 18.9 Å². The third-order valence-electron chi connectivity index (χ3n) is 4.38. The molecule has 0 radical (unpaired) electrons. The smallest absolute Gasteiger partial charge is 0.224 e. The number of nitrogens with zero attached hydrogens (tertiary/aromatic N) is 2. The Balaban J connectivity index is 1.92. The largest absolute Gasteiger partial charge is 0.370 e. The maximum Gasteiger partial charge on any atom is 0.224 e. The summed E-state index contributed by atoms with van der Waals surface area (Å²) in [5.41, 5.74) is 9.80. The van der Waals surface area contributed by atoms with E-state index in [9.17, 15) is 4.79 Å². The lowest BCUT2D eigenvalue weighted by molar-refractivity contribution is -0.130. The Morgan fingerprint density at radius 3 is 2.74 bits per heavy atom. The first kappa shape index (κ1) is 17.3. The van der Waals surface area contributed by atoms with Crippen LogP contribution >= 0.6 is 0 Å². The molecule has 1 aliphatic rings. The maximum absolute atomic E-state index is 11.9. The number of hydrogen-bond donors (Lipinski definition) is 2. The number of amides is 1. The fourth-order valence-electron chi connectivity index (χ4n) is 3.08. The number of guanidine groups is 1. The molecule has 0 aliphatic heterocycles. The Bertz CT molecular complexity index is 564. The number of aliphatic imine (C=N–C) groups is 1. The Hall–Kier alpha value is -2.04. The molecule has 1 aromatic carbocycles. The molecule has 0 fully saturated rings. The topological polar surface area (TPSA) is 70.7 Å². The van der Waals surface area contributed by atoms with Crippen LogP contribution in [0, 0.1) is 0 Å². The second-order valence-electron chi connectivity index (χ2n) is 5.86. The third-order valence-corrected chi connectivity index (χ3v) is 4.38. The van der Waals surface area contributed by atoms with Crippen LogP contribution in [0.3, 0.4) is 0 Å². The maximum atomic E-state index is 11.9. The summed E-state index contributed by atoms with van der Waals surface area (Å²) >= 11 is 0. The van der Waals surface area contributed by atoms with Gasteiger partial charge < -0.3 is 16.0 Å². The van der Waals surface area contributed by atoms with E-state index in [1.54, 1.807) is 0 Å². The van der Waals surface area contributed by atoms with E-state index in [0.717, 1.165) is 31.6 Å². The zero-order chi connectivity index (χ0) is 16.7. The lowest BCUT2D eigenvalue weighted by Gasteiger charge is -2.20. The van der Waals surface area contributed by atoms with Crippen molar-refractivity contribution in [1.29, 1.82) is 0 Å². The SMILES string of the molecule is CCN(CC)C(=O)CCN=C(N)Nc1cccc2c1CCCC2. The molecule has 3 N–H and O–H groups in total. The average Bonchev–Trinajstić information content (AvgIpc) is 2.56. The zero-order valence-electron chi connectivity index (χ0n) is 14.3. The Labute approximate surface area is 139 Å². The molecule has 0 heterocycles.